The van der Waals surface area contributed by atoms with Gasteiger partial charge in [-0.2, -0.15) is 11.8 Å². The maximum Gasteiger partial charge on any atom is 0.414 e. The fourth-order valence-corrected chi connectivity index (χ4v) is 3.38. The standard InChI is InChI=1S/C15H16FNO3S/c16-14-7-11(17-8-12(9-18)20-15(17)19)1-2-13(14)10-3-5-21-6-4-10/h1-3,7,12,18H,4-6,8-9H2/t12-/m1/s1. The van der Waals surface area contributed by atoms with E-state index in [1.165, 1.54) is 11.0 Å². The van der Waals surface area contributed by atoms with Crippen LogP contribution in [0.5, 0.6) is 0 Å². The molecule has 3 rings (SSSR count). The molecule has 1 saturated heterocycles. The molecule has 0 saturated carbocycles. The predicted octanol–water partition coefficient (Wildman–Crippen LogP) is 2.66. The molecule has 0 radical (unpaired) electrons. The van der Waals surface area contributed by atoms with E-state index in [4.69, 9.17) is 9.84 Å². The quantitative estimate of drug-likeness (QED) is 0.932. The zero-order chi connectivity index (χ0) is 14.8. The van der Waals surface area contributed by atoms with Gasteiger partial charge in [-0.25, -0.2) is 9.18 Å². The molecule has 2 heterocycles. The first-order valence-corrected chi connectivity index (χ1v) is 8.00. The van der Waals surface area contributed by atoms with Gasteiger partial charge in [0.05, 0.1) is 18.8 Å². The van der Waals surface area contributed by atoms with Crippen LogP contribution in [0.15, 0.2) is 24.3 Å². The topological polar surface area (TPSA) is 49.8 Å². The van der Waals surface area contributed by atoms with E-state index in [9.17, 15) is 9.18 Å². The van der Waals surface area contributed by atoms with Gasteiger partial charge < -0.3 is 9.84 Å². The van der Waals surface area contributed by atoms with Crippen LogP contribution in [0.1, 0.15) is 12.0 Å². The lowest BCUT2D eigenvalue weighted by Gasteiger charge is -2.17. The molecule has 0 unspecified atom stereocenters. The van der Waals surface area contributed by atoms with Gasteiger partial charge in [0.2, 0.25) is 0 Å². The number of allylic oxidation sites excluding steroid dienone is 1. The Morgan fingerprint density at radius 2 is 2.33 bits per heavy atom. The summed E-state index contributed by atoms with van der Waals surface area (Å²) in [6, 6.07) is 4.80. The number of ether oxygens (including phenoxy) is 1. The first-order valence-electron chi connectivity index (χ1n) is 6.84. The van der Waals surface area contributed by atoms with Crippen LogP contribution < -0.4 is 4.90 Å². The Balaban J connectivity index is 1.84. The molecule has 1 atom stereocenters. The van der Waals surface area contributed by atoms with E-state index in [1.54, 1.807) is 12.1 Å². The number of rotatable bonds is 3. The van der Waals surface area contributed by atoms with E-state index >= 15 is 0 Å². The fourth-order valence-electron chi connectivity index (χ4n) is 2.53. The maximum absolute atomic E-state index is 14.3. The van der Waals surface area contributed by atoms with E-state index in [1.807, 2.05) is 11.8 Å². The number of aliphatic hydroxyl groups is 1. The van der Waals surface area contributed by atoms with Gasteiger partial charge in [-0.3, -0.25) is 4.90 Å². The molecule has 0 aromatic heterocycles. The van der Waals surface area contributed by atoms with Gasteiger partial charge in [0.1, 0.15) is 11.9 Å². The number of anilines is 1. The molecule has 1 N–H and O–H groups in total. The highest BCUT2D eigenvalue weighted by Gasteiger charge is 2.32. The Kier molecular flexibility index (Phi) is 4.17. The van der Waals surface area contributed by atoms with Crippen molar-refractivity contribution in [3.63, 3.8) is 0 Å². The number of cyclic esters (lactones) is 1. The van der Waals surface area contributed by atoms with Crippen molar-refractivity contribution < 1.29 is 19.0 Å². The first-order chi connectivity index (χ1) is 10.2. The average molecular weight is 309 g/mol. The maximum atomic E-state index is 14.3. The van der Waals surface area contributed by atoms with E-state index in [0.29, 0.717) is 11.3 Å². The minimum absolute atomic E-state index is 0.229. The van der Waals surface area contributed by atoms with Gasteiger partial charge in [-0.15, -0.1) is 0 Å². The lowest BCUT2D eigenvalue weighted by atomic mass is 10.0. The minimum atomic E-state index is -0.547. The number of carbonyl (C=O) groups excluding carboxylic acids is 1. The highest BCUT2D eigenvalue weighted by atomic mass is 32.2. The van der Waals surface area contributed by atoms with Crippen LogP contribution in [0.4, 0.5) is 14.9 Å². The van der Waals surface area contributed by atoms with Crippen molar-refractivity contribution in [3.8, 4) is 0 Å². The molecule has 4 nitrogen and oxygen atoms in total. The van der Waals surface area contributed by atoms with Gasteiger partial charge in [-0.1, -0.05) is 6.08 Å². The highest BCUT2D eigenvalue weighted by molar-refractivity contribution is 7.99. The minimum Gasteiger partial charge on any atom is -0.441 e. The van der Waals surface area contributed by atoms with E-state index < -0.39 is 12.2 Å². The molecule has 1 aromatic carbocycles. The van der Waals surface area contributed by atoms with Gasteiger partial charge in [-0.05, 0) is 35.9 Å². The van der Waals surface area contributed by atoms with Gasteiger partial charge in [0, 0.05) is 11.3 Å². The summed E-state index contributed by atoms with van der Waals surface area (Å²) in [5.41, 5.74) is 2.09. The lowest BCUT2D eigenvalue weighted by Crippen LogP contribution is -2.25. The van der Waals surface area contributed by atoms with E-state index in [0.717, 1.165) is 23.5 Å². The summed E-state index contributed by atoms with van der Waals surface area (Å²) in [6.07, 6.45) is 1.82. The van der Waals surface area contributed by atoms with Gasteiger partial charge in [0.25, 0.3) is 0 Å². The summed E-state index contributed by atoms with van der Waals surface area (Å²) in [4.78, 5) is 13.0. The van der Waals surface area contributed by atoms with Crippen LogP contribution in [0.25, 0.3) is 5.57 Å². The predicted molar refractivity (Wildman–Crippen MR) is 81.0 cm³/mol. The number of carbonyl (C=O) groups is 1. The van der Waals surface area contributed by atoms with E-state index in [-0.39, 0.29) is 19.0 Å². The van der Waals surface area contributed by atoms with Crippen molar-refractivity contribution in [2.45, 2.75) is 12.5 Å². The Bertz CT molecular complexity index is 590. The highest BCUT2D eigenvalue weighted by Crippen LogP contribution is 2.31. The summed E-state index contributed by atoms with van der Waals surface area (Å²) in [5.74, 6) is 1.59. The number of halogens is 1. The number of hydrogen-bond donors (Lipinski definition) is 1. The number of aliphatic hydroxyl groups excluding tert-OH is 1. The average Bonchev–Trinajstić information content (AvgIpc) is 2.89. The van der Waals surface area contributed by atoms with Gasteiger partial charge in [0.15, 0.2) is 0 Å². The zero-order valence-corrected chi connectivity index (χ0v) is 12.2. The molecular formula is C15H16FNO3S. The molecule has 1 fully saturated rings. The molecule has 2 aliphatic rings. The summed E-state index contributed by atoms with van der Waals surface area (Å²) >= 11 is 1.83. The second-order valence-electron chi connectivity index (χ2n) is 5.02. The zero-order valence-electron chi connectivity index (χ0n) is 11.4. The first kappa shape index (κ1) is 14.4. The number of nitrogens with zero attached hydrogens (tertiary/aromatic N) is 1. The van der Waals surface area contributed by atoms with Crippen LogP contribution >= 0.6 is 11.8 Å². The molecular weight excluding hydrogens is 293 g/mol. The van der Waals surface area contributed by atoms with Crippen molar-refractivity contribution >= 4 is 29.1 Å². The monoisotopic (exact) mass is 309 g/mol. The Morgan fingerprint density at radius 1 is 1.48 bits per heavy atom. The van der Waals surface area contributed by atoms with Crippen LogP contribution in [-0.4, -0.2) is 42.0 Å². The number of amides is 1. The Labute approximate surface area is 126 Å². The fraction of sp³-hybridized carbons (Fsp3) is 0.400. The SMILES string of the molecule is O=C1O[C@@H](CO)CN1c1ccc(C2=CCSCC2)c(F)c1. The van der Waals surface area contributed by atoms with Crippen molar-refractivity contribution in [1.82, 2.24) is 0 Å². The molecule has 1 aromatic rings. The molecule has 0 bridgehead atoms. The second-order valence-corrected chi connectivity index (χ2v) is 6.17. The third-order valence-corrected chi connectivity index (χ3v) is 4.55. The molecule has 0 spiro atoms. The number of hydrogen-bond acceptors (Lipinski definition) is 4. The molecule has 21 heavy (non-hydrogen) atoms. The molecule has 1 amide bonds. The van der Waals surface area contributed by atoms with Crippen LogP contribution in [-0.2, 0) is 4.74 Å². The van der Waals surface area contributed by atoms with Crippen molar-refractivity contribution in [1.29, 1.82) is 0 Å². The second kappa shape index (κ2) is 6.07. The largest absolute Gasteiger partial charge is 0.441 e. The molecule has 2 aliphatic heterocycles. The van der Waals surface area contributed by atoms with Crippen molar-refractivity contribution in [2.24, 2.45) is 0 Å². The van der Waals surface area contributed by atoms with Crippen LogP contribution in [0, 0.1) is 5.82 Å². The van der Waals surface area contributed by atoms with Crippen LogP contribution in [0.3, 0.4) is 0 Å². The number of benzene rings is 1. The third-order valence-electron chi connectivity index (χ3n) is 3.65. The number of thioether (sulfide) groups is 1. The van der Waals surface area contributed by atoms with Crippen LogP contribution in [0.2, 0.25) is 0 Å². The van der Waals surface area contributed by atoms with E-state index in [2.05, 4.69) is 6.08 Å². The Morgan fingerprint density at radius 3 is 2.95 bits per heavy atom. The molecule has 0 aliphatic carbocycles. The summed E-state index contributed by atoms with van der Waals surface area (Å²) in [5, 5.41) is 9.03. The lowest BCUT2D eigenvalue weighted by molar-refractivity contribution is 0.0963. The van der Waals surface area contributed by atoms with Gasteiger partial charge >= 0.3 is 6.09 Å². The molecule has 6 heteroatoms. The molecule has 112 valence electrons. The normalized spacial score (nSPS) is 22.2. The summed E-state index contributed by atoms with van der Waals surface area (Å²) < 4.78 is 19.3. The summed E-state index contributed by atoms with van der Waals surface area (Å²) in [7, 11) is 0. The summed E-state index contributed by atoms with van der Waals surface area (Å²) in [6.45, 7) is 0.0147. The van der Waals surface area contributed by atoms with Crippen molar-refractivity contribution in [2.75, 3.05) is 29.6 Å². The smallest absolute Gasteiger partial charge is 0.414 e. The third kappa shape index (κ3) is 2.91. The van der Waals surface area contributed by atoms with Crippen molar-refractivity contribution in [3.05, 3.63) is 35.7 Å². The Hall–Kier alpha value is -1.53.